The standard InChI is InChI=1S/C17H31N5O/c1-8-18-16(20-14-9-15(23-7)17(14,4)5)19-10-13-11(2)21-22(6)12(13)3/h14-15H,8-10H2,1-7H3,(H2,18,19,20). The van der Waals surface area contributed by atoms with E-state index < -0.39 is 0 Å². The van der Waals surface area contributed by atoms with Crippen molar-refractivity contribution in [3.05, 3.63) is 17.0 Å². The zero-order valence-corrected chi connectivity index (χ0v) is 15.5. The lowest BCUT2D eigenvalue weighted by atomic mass is 9.64. The molecule has 0 spiro atoms. The number of aliphatic imine (C=N–C) groups is 1. The summed E-state index contributed by atoms with van der Waals surface area (Å²) in [6, 6.07) is 0.376. The van der Waals surface area contributed by atoms with Gasteiger partial charge >= 0.3 is 0 Å². The molecular weight excluding hydrogens is 290 g/mol. The van der Waals surface area contributed by atoms with Crippen LogP contribution in [-0.4, -0.2) is 41.5 Å². The van der Waals surface area contributed by atoms with Crippen LogP contribution >= 0.6 is 0 Å². The molecule has 0 saturated heterocycles. The van der Waals surface area contributed by atoms with Crippen molar-refractivity contribution in [1.29, 1.82) is 0 Å². The van der Waals surface area contributed by atoms with Crippen molar-refractivity contribution in [2.24, 2.45) is 17.5 Å². The molecule has 1 aromatic rings. The van der Waals surface area contributed by atoms with Crippen molar-refractivity contribution in [1.82, 2.24) is 20.4 Å². The van der Waals surface area contributed by atoms with Crippen molar-refractivity contribution < 1.29 is 4.74 Å². The quantitative estimate of drug-likeness (QED) is 0.642. The summed E-state index contributed by atoms with van der Waals surface area (Å²) >= 11 is 0. The molecule has 1 heterocycles. The highest BCUT2D eigenvalue weighted by molar-refractivity contribution is 5.80. The smallest absolute Gasteiger partial charge is 0.191 e. The van der Waals surface area contributed by atoms with Gasteiger partial charge in [0.2, 0.25) is 0 Å². The number of hydrogen-bond donors (Lipinski definition) is 2. The van der Waals surface area contributed by atoms with Gasteiger partial charge in [0.1, 0.15) is 0 Å². The maximum absolute atomic E-state index is 5.53. The average Bonchev–Trinajstić information content (AvgIpc) is 2.73. The molecule has 2 unspecified atom stereocenters. The molecule has 0 radical (unpaired) electrons. The molecule has 0 aromatic carbocycles. The van der Waals surface area contributed by atoms with Gasteiger partial charge in [-0.15, -0.1) is 0 Å². The summed E-state index contributed by atoms with van der Waals surface area (Å²) in [6.07, 6.45) is 1.32. The minimum absolute atomic E-state index is 0.116. The predicted octanol–water partition coefficient (Wildman–Crippen LogP) is 1.91. The van der Waals surface area contributed by atoms with Crippen LogP contribution in [0.3, 0.4) is 0 Å². The summed E-state index contributed by atoms with van der Waals surface area (Å²) < 4.78 is 7.44. The van der Waals surface area contributed by atoms with E-state index in [9.17, 15) is 0 Å². The maximum Gasteiger partial charge on any atom is 0.191 e. The van der Waals surface area contributed by atoms with Crippen molar-refractivity contribution in [3.63, 3.8) is 0 Å². The number of ether oxygens (including phenoxy) is 1. The van der Waals surface area contributed by atoms with Gasteiger partial charge in [0.25, 0.3) is 0 Å². The zero-order chi connectivity index (χ0) is 17.2. The summed E-state index contributed by atoms with van der Waals surface area (Å²) in [6.45, 7) is 12.2. The Morgan fingerprint density at radius 3 is 2.61 bits per heavy atom. The number of nitrogens with zero attached hydrogens (tertiary/aromatic N) is 3. The number of hydrogen-bond acceptors (Lipinski definition) is 3. The molecule has 2 N–H and O–H groups in total. The predicted molar refractivity (Wildman–Crippen MR) is 93.6 cm³/mol. The summed E-state index contributed by atoms with van der Waals surface area (Å²) in [5.41, 5.74) is 3.54. The van der Waals surface area contributed by atoms with E-state index in [0.29, 0.717) is 18.7 Å². The summed E-state index contributed by atoms with van der Waals surface area (Å²) in [5, 5.41) is 11.4. The van der Waals surface area contributed by atoms with E-state index in [0.717, 1.165) is 24.6 Å². The number of aromatic nitrogens is 2. The highest BCUT2D eigenvalue weighted by atomic mass is 16.5. The second kappa shape index (κ2) is 6.91. The number of methoxy groups -OCH3 is 1. The lowest BCUT2D eigenvalue weighted by Crippen LogP contribution is -2.63. The molecule has 1 aliphatic carbocycles. The van der Waals surface area contributed by atoms with E-state index in [-0.39, 0.29) is 5.41 Å². The van der Waals surface area contributed by atoms with Gasteiger partial charge in [-0.2, -0.15) is 5.10 Å². The molecule has 1 fully saturated rings. The Hall–Kier alpha value is -1.56. The highest BCUT2D eigenvalue weighted by Crippen LogP contribution is 2.42. The van der Waals surface area contributed by atoms with Crippen LogP contribution < -0.4 is 10.6 Å². The summed E-state index contributed by atoms with van der Waals surface area (Å²) in [4.78, 5) is 4.76. The summed E-state index contributed by atoms with van der Waals surface area (Å²) in [7, 11) is 3.76. The van der Waals surface area contributed by atoms with Gasteiger partial charge in [0, 0.05) is 43.4 Å². The Morgan fingerprint density at radius 1 is 1.43 bits per heavy atom. The van der Waals surface area contributed by atoms with Gasteiger partial charge in [0.05, 0.1) is 18.3 Å². The molecule has 0 aliphatic heterocycles. The Morgan fingerprint density at radius 2 is 2.13 bits per heavy atom. The third-order valence-electron chi connectivity index (χ3n) is 5.17. The number of rotatable bonds is 5. The minimum Gasteiger partial charge on any atom is -0.381 e. The fraction of sp³-hybridized carbons (Fsp3) is 0.765. The molecular formula is C17H31N5O. The Labute approximate surface area is 139 Å². The lowest BCUT2D eigenvalue weighted by Gasteiger charge is -2.51. The molecule has 1 saturated carbocycles. The molecule has 130 valence electrons. The minimum atomic E-state index is 0.116. The van der Waals surface area contributed by atoms with E-state index >= 15 is 0 Å². The van der Waals surface area contributed by atoms with Crippen LogP contribution in [0.2, 0.25) is 0 Å². The topological polar surface area (TPSA) is 63.5 Å². The van der Waals surface area contributed by atoms with Gasteiger partial charge in [-0.1, -0.05) is 13.8 Å². The fourth-order valence-corrected chi connectivity index (χ4v) is 3.22. The second-order valence-electron chi connectivity index (χ2n) is 6.95. The van der Waals surface area contributed by atoms with Gasteiger partial charge in [0.15, 0.2) is 5.96 Å². The zero-order valence-electron chi connectivity index (χ0n) is 15.5. The first-order valence-corrected chi connectivity index (χ1v) is 8.37. The number of nitrogens with one attached hydrogen (secondary N) is 2. The van der Waals surface area contributed by atoms with Crippen LogP contribution in [0.15, 0.2) is 4.99 Å². The van der Waals surface area contributed by atoms with Crippen LogP contribution in [0, 0.1) is 19.3 Å². The molecule has 0 amide bonds. The first-order valence-electron chi connectivity index (χ1n) is 8.37. The van der Waals surface area contributed by atoms with Crippen LogP contribution in [0.4, 0.5) is 0 Å². The Bertz CT molecular complexity index is 576. The molecule has 1 aromatic heterocycles. The molecule has 6 nitrogen and oxygen atoms in total. The van der Waals surface area contributed by atoms with Crippen LogP contribution in [-0.2, 0) is 18.3 Å². The summed E-state index contributed by atoms with van der Waals surface area (Å²) in [5.74, 6) is 0.864. The molecule has 2 rings (SSSR count). The van der Waals surface area contributed by atoms with Crippen LogP contribution in [0.5, 0.6) is 0 Å². The average molecular weight is 321 g/mol. The molecule has 0 bridgehead atoms. The van der Waals surface area contributed by atoms with Gasteiger partial charge in [-0.3, -0.25) is 4.68 Å². The van der Waals surface area contributed by atoms with E-state index in [1.807, 2.05) is 18.7 Å². The third-order valence-corrected chi connectivity index (χ3v) is 5.17. The normalized spacial score (nSPS) is 23.5. The van der Waals surface area contributed by atoms with Crippen molar-refractivity contribution in [2.75, 3.05) is 13.7 Å². The monoisotopic (exact) mass is 321 g/mol. The van der Waals surface area contributed by atoms with Crippen molar-refractivity contribution in [3.8, 4) is 0 Å². The van der Waals surface area contributed by atoms with E-state index in [4.69, 9.17) is 9.73 Å². The van der Waals surface area contributed by atoms with Crippen LogP contribution in [0.25, 0.3) is 0 Å². The highest BCUT2D eigenvalue weighted by Gasteiger charge is 2.48. The molecule has 2 atom stereocenters. The second-order valence-corrected chi connectivity index (χ2v) is 6.95. The Kier molecular flexibility index (Phi) is 5.34. The maximum atomic E-state index is 5.53. The van der Waals surface area contributed by atoms with E-state index in [1.54, 1.807) is 7.11 Å². The van der Waals surface area contributed by atoms with Crippen LogP contribution in [0.1, 0.15) is 44.1 Å². The fourth-order valence-electron chi connectivity index (χ4n) is 3.22. The van der Waals surface area contributed by atoms with E-state index in [2.05, 4.69) is 43.4 Å². The largest absolute Gasteiger partial charge is 0.381 e. The number of aryl methyl sites for hydroxylation is 2. The lowest BCUT2D eigenvalue weighted by molar-refractivity contribution is -0.0922. The SMILES string of the molecule is CCNC(=NCc1c(C)nn(C)c1C)NC1CC(OC)C1(C)C. The third kappa shape index (κ3) is 3.52. The first kappa shape index (κ1) is 17.8. The first-order chi connectivity index (χ1) is 10.8. The number of guanidine groups is 1. The van der Waals surface area contributed by atoms with Gasteiger partial charge in [-0.25, -0.2) is 4.99 Å². The molecule has 1 aliphatic rings. The molecule has 6 heteroatoms. The van der Waals surface area contributed by atoms with Gasteiger partial charge < -0.3 is 15.4 Å². The van der Waals surface area contributed by atoms with Crippen molar-refractivity contribution >= 4 is 5.96 Å². The van der Waals surface area contributed by atoms with Gasteiger partial charge in [-0.05, 0) is 27.2 Å². The van der Waals surface area contributed by atoms with Crippen molar-refractivity contribution in [2.45, 2.75) is 59.7 Å². The Balaban J connectivity index is 2.07. The van der Waals surface area contributed by atoms with E-state index in [1.165, 1.54) is 11.3 Å². The molecule has 23 heavy (non-hydrogen) atoms.